The molecule has 0 aliphatic carbocycles. The van der Waals surface area contributed by atoms with E-state index < -0.39 is 0 Å². The number of benzene rings is 3. The lowest BCUT2D eigenvalue weighted by molar-refractivity contribution is -0.115. The average molecular weight is 348 g/mol. The molecule has 0 aromatic heterocycles. The number of carbonyl (C=O) groups is 1. The summed E-state index contributed by atoms with van der Waals surface area (Å²) in [6.45, 7) is 1.93. The Morgan fingerprint density at radius 1 is 0.923 bits per heavy atom. The lowest BCUT2D eigenvalue weighted by Crippen LogP contribution is -2.30. The van der Waals surface area contributed by atoms with E-state index in [1.807, 2.05) is 61.5 Å². The summed E-state index contributed by atoms with van der Waals surface area (Å²) in [5, 5.41) is 6.00. The minimum absolute atomic E-state index is 0.0959. The lowest BCUT2D eigenvalue weighted by atomic mass is 10.0. The smallest absolute Gasteiger partial charge is 0.238 e. The standard InChI is InChI=1S/C22H21FN2O/c1-16(18-11-5-7-13-20(18)23)24-15-22(26)25-21-14-8-6-12-19(21)17-9-3-2-4-10-17/h2-14,16,24H,15H2,1H3,(H,25,26). The average Bonchev–Trinajstić information content (AvgIpc) is 2.67. The fourth-order valence-electron chi connectivity index (χ4n) is 2.84. The van der Waals surface area contributed by atoms with Gasteiger partial charge in [-0.3, -0.25) is 4.79 Å². The molecule has 0 aliphatic rings. The predicted molar refractivity (Wildman–Crippen MR) is 103 cm³/mol. The largest absolute Gasteiger partial charge is 0.324 e. The van der Waals surface area contributed by atoms with Crippen LogP contribution >= 0.6 is 0 Å². The molecule has 3 aromatic rings. The van der Waals surface area contributed by atoms with Crippen molar-refractivity contribution in [3.63, 3.8) is 0 Å². The van der Waals surface area contributed by atoms with E-state index in [1.165, 1.54) is 6.07 Å². The highest BCUT2D eigenvalue weighted by atomic mass is 19.1. The van der Waals surface area contributed by atoms with Gasteiger partial charge in [0.2, 0.25) is 5.91 Å². The van der Waals surface area contributed by atoms with Crippen LogP contribution in [0.2, 0.25) is 0 Å². The second-order valence-electron chi connectivity index (χ2n) is 6.08. The third-order valence-corrected chi connectivity index (χ3v) is 4.23. The first kappa shape index (κ1) is 17.8. The third kappa shape index (κ3) is 4.35. The summed E-state index contributed by atoms with van der Waals surface area (Å²) in [7, 11) is 0. The monoisotopic (exact) mass is 348 g/mol. The van der Waals surface area contributed by atoms with Crippen LogP contribution in [-0.2, 0) is 4.79 Å². The Morgan fingerprint density at radius 3 is 2.35 bits per heavy atom. The van der Waals surface area contributed by atoms with Crippen LogP contribution in [0.5, 0.6) is 0 Å². The van der Waals surface area contributed by atoms with E-state index in [2.05, 4.69) is 10.6 Å². The van der Waals surface area contributed by atoms with Gasteiger partial charge in [-0.1, -0.05) is 66.7 Å². The lowest BCUT2D eigenvalue weighted by Gasteiger charge is -2.16. The summed E-state index contributed by atoms with van der Waals surface area (Å²) in [6.07, 6.45) is 0. The van der Waals surface area contributed by atoms with Crippen LogP contribution in [0.1, 0.15) is 18.5 Å². The number of carbonyl (C=O) groups excluding carboxylic acids is 1. The second-order valence-corrected chi connectivity index (χ2v) is 6.08. The molecule has 0 aliphatic heterocycles. The fourth-order valence-corrected chi connectivity index (χ4v) is 2.84. The minimum Gasteiger partial charge on any atom is -0.324 e. The normalized spacial score (nSPS) is 11.8. The van der Waals surface area contributed by atoms with E-state index in [-0.39, 0.29) is 24.3 Å². The van der Waals surface area contributed by atoms with Gasteiger partial charge >= 0.3 is 0 Å². The number of para-hydroxylation sites is 1. The molecule has 0 saturated heterocycles. The SMILES string of the molecule is CC(NCC(=O)Nc1ccccc1-c1ccccc1)c1ccccc1F. The molecule has 1 atom stereocenters. The zero-order valence-electron chi connectivity index (χ0n) is 14.6. The molecule has 1 unspecified atom stereocenters. The first-order chi connectivity index (χ1) is 12.6. The molecule has 2 N–H and O–H groups in total. The van der Waals surface area contributed by atoms with Gasteiger partial charge in [-0.15, -0.1) is 0 Å². The quantitative estimate of drug-likeness (QED) is 0.673. The van der Waals surface area contributed by atoms with Crippen molar-refractivity contribution in [2.45, 2.75) is 13.0 Å². The Bertz CT molecular complexity index is 880. The van der Waals surface area contributed by atoms with Crippen molar-refractivity contribution in [1.82, 2.24) is 5.32 Å². The fraction of sp³-hybridized carbons (Fsp3) is 0.136. The van der Waals surface area contributed by atoms with E-state index in [1.54, 1.807) is 18.2 Å². The van der Waals surface area contributed by atoms with Crippen molar-refractivity contribution in [2.75, 3.05) is 11.9 Å². The first-order valence-electron chi connectivity index (χ1n) is 8.57. The maximum atomic E-state index is 13.8. The third-order valence-electron chi connectivity index (χ3n) is 4.23. The van der Waals surface area contributed by atoms with Crippen molar-refractivity contribution in [3.8, 4) is 11.1 Å². The molecule has 0 fully saturated rings. The zero-order chi connectivity index (χ0) is 18.4. The van der Waals surface area contributed by atoms with E-state index in [0.29, 0.717) is 5.56 Å². The van der Waals surface area contributed by atoms with Crippen LogP contribution in [-0.4, -0.2) is 12.5 Å². The molecule has 3 nitrogen and oxygen atoms in total. The molecular formula is C22H21FN2O. The minimum atomic E-state index is -0.276. The highest BCUT2D eigenvalue weighted by molar-refractivity contribution is 5.96. The summed E-state index contributed by atoms with van der Waals surface area (Å²) in [6, 6.07) is 23.9. The highest BCUT2D eigenvalue weighted by Crippen LogP contribution is 2.27. The molecule has 3 rings (SSSR count). The van der Waals surface area contributed by atoms with Crippen LogP contribution in [0.25, 0.3) is 11.1 Å². The number of rotatable bonds is 6. The molecule has 3 aromatic carbocycles. The van der Waals surface area contributed by atoms with Gasteiger partial charge in [0.25, 0.3) is 0 Å². The molecular weight excluding hydrogens is 327 g/mol. The molecule has 0 heterocycles. The van der Waals surface area contributed by atoms with Gasteiger partial charge in [-0.25, -0.2) is 4.39 Å². The molecule has 0 spiro atoms. The summed E-state index contributed by atoms with van der Waals surface area (Å²) >= 11 is 0. The van der Waals surface area contributed by atoms with Gasteiger partial charge < -0.3 is 10.6 Å². The van der Waals surface area contributed by atoms with Gasteiger partial charge in [0.1, 0.15) is 5.82 Å². The molecule has 0 bridgehead atoms. The van der Waals surface area contributed by atoms with Crippen LogP contribution in [0, 0.1) is 5.82 Å². The molecule has 0 saturated carbocycles. The van der Waals surface area contributed by atoms with E-state index in [0.717, 1.165) is 16.8 Å². The van der Waals surface area contributed by atoms with Crippen LogP contribution < -0.4 is 10.6 Å². The zero-order valence-corrected chi connectivity index (χ0v) is 14.6. The Hall–Kier alpha value is -2.98. The number of hydrogen-bond acceptors (Lipinski definition) is 2. The van der Waals surface area contributed by atoms with Gasteiger partial charge in [-0.05, 0) is 24.6 Å². The number of amides is 1. The number of halogens is 1. The molecule has 26 heavy (non-hydrogen) atoms. The Morgan fingerprint density at radius 2 is 1.58 bits per heavy atom. The second kappa shape index (κ2) is 8.41. The predicted octanol–water partition coefficient (Wildman–Crippen LogP) is 4.78. The number of hydrogen-bond donors (Lipinski definition) is 2. The number of nitrogens with one attached hydrogen (secondary N) is 2. The van der Waals surface area contributed by atoms with Crippen LogP contribution in [0.4, 0.5) is 10.1 Å². The first-order valence-corrected chi connectivity index (χ1v) is 8.57. The molecule has 132 valence electrons. The summed E-state index contributed by atoms with van der Waals surface area (Å²) < 4.78 is 13.8. The summed E-state index contributed by atoms with van der Waals surface area (Å²) in [4.78, 5) is 12.3. The summed E-state index contributed by atoms with van der Waals surface area (Å²) in [5.74, 6) is -0.445. The molecule has 4 heteroatoms. The van der Waals surface area contributed by atoms with Crippen LogP contribution in [0.15, 0.2) is 78.9 Å². The summed E-state index contributed by atoms with van der Waals surface area (Å²) in [5.41, 5.74) is 3.30. The maximum absolute atomic E-state index is 13.8. The highest BCUT2D eigenvalue weighted by Gasteiger charge is 2.12. The van der Waals surface area contributed by atoms with Crippen molar-refractivity contribution in [1.29, 1.82) is 0 Å². The van der Waals surface area contributed by atoms with Crippen LogP contribution in [0.3, 0.4) is 0 Å². The maximum Gasteiger partial charge on any atom is 0.238 e. The van der Waals surface area contributed by atoms with Crippen molar-refractivity contribution >= 4 is 11.6 Å². The van der Waals surface area contributed by atoms with Crippen molar-refractivity contribution < 1.29 is 9.18 Å². The Kier molecular flexibility index (Phi) is 5.77. The van der Waals surface area contributed by atoms with Gasteiger partial charge in [-0.2, -0.15) is 0 Å². The molecule has 0 radical (unpaired) electrons. The van der Waals surface area contributed by atoms with Crippen molar-refractivity contribution in [2.24, 2.45) is 0 Å². The molecule has 1 amide bonds. The van der Waals surface area contributed by atoms with E-state index in [9.17, 15) is 9.18 Å². The Balaban J connectivity index is 1.65. The van der Waals surface area contributed by atoms with E-state index >= 15 is 0 Å². The van der Waals surface area contributed by atoms with E-state index in [4.69, 9.17) is 0 Å². The van der Waals surface area contributed by atoms with Crippen molar-refractivity contribution in [3.05, 3.63) is 90.2 Å². The van der Waals surface area contributed by atoms with Gasteiger partial charge in [0.15, 0.2) is 0 Å². The Labute approximate surface area is 152 Å². The van der Waals surface area contributed by atoms with Gasteiger partial charge in [0.05, 0.1) is 6.54 Å². The number of anilines is 1. The van der Waals surface area contributed by atoms with Gasteiger partial charge in [0, 0.05) is 22.9 Å². The topological polar surface area (TPSA) is 41.1 Å².